The van der Waals surface area contributed by atoms with E-state index in [0.29, 0.717) is 25.4 Å². The summed E-state index contributed by atoms with van der Waals surface area (Å²) in [4.78, 5) is 24.2. The zero-order valence-electron chi connectivity index (χ0n) is 11.5. The molecule has 1 aromatic rings. The SMILES string of the molecule is O=C(O)CN(C(=O)NCC1CCOC1)c1ccc(O)cc1. The van der Waals surface area contributed by atoms with Gasteiger partial charge < -0.3 is 20.3 Å². The average Bonchev–Trinajstić information content (AvgIpc) is 2.96. The smallest absolute Gasteiger partial charge is 0.323 e. The number of anilines is 1. The predicted molar refractivity (Wildman–Crippen MR) is 75.4 cm³/mol. The minimum Gasteiger partial charge on any atom is -0.508 e. The second-order valence-corrected chi connectivity index (χ2v) is 4.91. The molecule has 2 amide bonds. The molecule has 1 fully saturated rings. The highest BCUT2D eigenvalue weighted by atomic mass is 16.5. The number of carboxylic acid groups (broad SMARTS) is 1. The van der Waals surface area contributed by atoms with Gasteiger partial charge in [-0.2, -0.15) is 0 Å². The highest BCUT2D eigenvalue weighted by Gasteiger charge is 2.21. The van der Waals surface area contributed by atoms with E-state index in [2.05, 4.69) is 5.32 Å². The van der Waals surface area contributed by atoms with Crippen LogP contribution in [0.1, 0.15) is 6.42 Å². The van der Waals surface area contributed by atoms with Crippen molar-refractivity contribution in [3.63, 3.8) is 0 Å². The topological polar surface area (TPSA) is 99.1 Å². The second kappa shape index (κ2) is 6.94. The Balaban J connectivity index is 2.01. The van der Waals surface area contributed by atoms with Crippen molar-refractivity contribution in [1.82, 2.24) is 5.32 Å². The van der Waals surface area contributed by atoms with Gasteiger partial charge in [-0.15, -0.1) is 0 Å². The lowest BCUT2D eigenvalue weighted by Gasteiger charge is -2.22. The van der Waals surface area contributed by atoms with Crippen molar-refractivity contribution in [2.24, 2.45) is 5.92 Å². The summed E-state index contributed by atoms with van der Waals surface area (Å²) in [5, 5.41) is 20.9. The van der Waals surface area contributed by atoms with Crippen LogP contribution in [0.4, 0.5) is 10.5 Å². The molecule has 1 aliphatic heterocycles. The van der Waals surface area contributed by atoms with E-state index in [1.807, 2.05) is 0 Å². The van der Waals surface area contributed by atoms with Gasteiger partial charge in [-0.1, -0.05) is 0 Å². The monoisotopic (exact) mass is 294 g/mol. The Bertz CT molecular complexity index is 497. The van der Waals surface area contributed by atoms with Crippen LogP contribution in [-0.2, 0) is 9.53 Å². The number of hydrogen-bond donors (Lipinski definition) is 3. The molecule has 7 heteroatoms. The lowest BCUT2D eigenvalue weighted by atomic mass is 10.1. The molecule has 0 bridgehead atoms. The second-order valence-electron chi connectivity index (χ2n) is 4.91. The van der Waals surface area contributed by atoms with Crippen LogP contribution in [0, 0.1) is 5.92 Å². The van der Waals surface area contributed by atoms with Gasteiger partial charge in [-0.25, -0.2) is 4.79 Å². The largest absolute Gasteiger partial charge is 0.508 e. The van der Waals surface area contributed by atoms with Crippen molar-refractivity contribution < 1.29 is 24.5 Å². The summed E-state index contributed by atoms with van der Waals surface area (Å²) in [6.07, 6.45) is 0.887. The molecule has 0 aromatic heterocycles. The Hall–Kier alpha value is -2.28. The van der Waals surface area contributed by atoms with E-state index in [1.54, 1.807) is 0 Å². The van der Waals surface area contributed by atoms with E-state index in [4.69, 9.17) is 9.84 Å². The van der Waals surface area contributed by atoms with Crippen LogP contribution in [-0.4, -0.2) is 48.5 Å². The van der Waals surface area contributed by atoms with Crippen LogP contribution in [0.5, 0.6) is 5.75 Å². The molecule has 3 N–H and O–H groups in total. The number of phenolic OH excluding ortho intramolecular Hbond substituents is 1. The Morgan fingerprint density at radius 3 is 2.62 bits per heavy atom. The summed E-state index contributed by atoms with van der Waals surface area (Å²) >= 11 is 0. The lowest BCUT2D eigenvalue weighted by molar-refractivity contribution is -0.135. The molecule has 21 heavy (non-hydrogen) atoms. The molecule has 1 atom stereocenters. The van der Waals surface area contributed by atoms with Gasteiger partial charge in [0.05, 0.1) is 6.61 Å². The first kappa shape index (κ1) is 15.1. The summed E-state index contributed by atoms with van der Waals surface area (Å²) in [5.41, 5.74) is 0.412. The van der Waals surface area contributed by atoms with Crippen LogP contribution >= 0.6 is 0 Å². The fraction of sp³-hybridized carbons (Fsp3) is 0.429. The Morgan fingerprint density at radius 1 is 1.33 bits per heavy atom. The van der Waals surface area contributed by atoms with E-state index in [1.165, 1.54) is 24.3 Å². The van der Waals surface area contributed by atoms with Crippen molar-refractivity contribution in [2.45, 2.75) is 6.42 Å². The zero-order valence-corrected chi connectivity index (χ0v) is 11.5. The van der Waals surface area contributed by atoms with Crippen LogP contribution in [0.15, 0.2) is 24.3 Å². The number of carboxylic acids is 1. The average molecular weight is 294 g/mol. The molecule has 0 saturated carbocycles. The molecule has 1 aromatic carbocycles. The molecule has 1 unspecified atom stereocenters. The van der Waals surface area contributed by atoms with Gasteiger partial charge in [0.15, 0.2) is 0 Å². The van der Waals surface area contributed by atoms with Crippen LogP contribution in [0.3, 0.4) is 0 Å². The summed E-state index contributed by atoms with van der Waals surface area (Å²) in [6, 6.07) is 5.33. The molecule has 0 radical (unpaired) electrons. The summed E-state index contributed by atoms with van der Waals surface area (Å²) in [7, 11) is 0. The predicted octanol–water partition coefficient (Wildman–Crippen LogP) is 1.03. The van der Waals surface area contributed by atoms with Crippen molar-refractivity contribution in [2.75, 3.05) is 31.2 Å². The number of aliphatic carboxylic acids is 1. The quantitative estimate of drug-likeness (QED) is 0.753. The van der Waals surface area contributed by atoms with Crippen molar-refractivity contribution in [1.29, 1.82) is 0 Å². The maximum atomic E-state index is 12.2. The number of urea groups is 1. The molecule has 114 valence electrons. The molecular formula is C14H18N2O5. The third-order valence-corrected chi connectivity index (χ3v) is 3.27. The van der Waals surface area contributed by atoms with E-state index in [-0.39, 0.29) is 11.7 Å². The number of aromatic hydroxyl groups is 1. The summed E-state index contributed by atoms with van der Waals surface area (Å²) < 4.78 is 5.23. The van der Waals surface area contributed by atoms with Gasteiger partial charge in [0.1, 0.15) is 12.3 Å². The number of carbonyl (C=O) groups is 2. The van der Waals surface area contributed by atoms with Gasteiger partial charge in [0.25, 0.3) is 0 Å². The minimum absolute atomic E-state index is 0.0533. The number of phenols is 1. The highest BCUT2D eigenvalue weighted by Crippen LogP contribution is 2.19. The first-order valence-corrected chi connectivity index (χ1v) is 6.70. The van der Waals surface area contributed by atoms with Gasteiger partial charge in [-0.3, -0.25) is 9.69 Å². The van der Waals surface area contributed by atoms with Gasteiger partial charge in [0.2, 0.25) is 0 Å². The number of nitrogens with zero attached hydrogens (tertiary/aromatic N) is 1. The number of rotatable bonds is 5. The Kier molecular flexibility index (Phi) is 4.99. The number of amides is 2. The molecule has 1 heterocycles. The van der Waals surface area contributed by atoms with Crippen LogP contribution < -0.4 is 10.2 Å². The van der Waals surface area contributed by atoms with Crippen molar-refractivity contribution >= 4 is 17.7 Å². The first-order chi connectivity index (χ1) is 10.1. The fourth-order valence-corrected chi connectivity index (χ4v) is 2.12. The maximum Gasteiger partial charge on any atom is 0.323 e. The molecule has 1 saturated heterocycles. The normalized spacial score (nSPS) is 17.4. The molecule has 0 spiro atoms. The highest BCUT2D eigenvalue weighted by molar-refractivity contribution is 5.96. The zero-order chi connectivity index (χ0) is 15.2. The minimum atomic E-state index is -1.11. The third-order valence-electron chi connectivity index (χ3n) is 3.27. The third kappa shape index (κ3) is 4.35. The molecular weight excluding hydrogens is 276 g/mol. The van der Waals surface area contributed by atoms with E-state index < -0.39 is 18.5 Å². The summed E-state index contributed by atoms with van der Waals surface area (Å²) in [6.45, 7) is 1.31. The molecule has 1 aliphatic rings. The van der Waals surface area contributed by atoms with E-state index in [9.17, 15) is 14.7 Å². The molecule has 0 aliphatic carbocycles. The molecule has 7 nitrogen and oxygen atoms in total. The van der Waals surface area contributed by atoms with E-state index in [0.717, 1.165) is 11.3 Å². The number of hydrogen-bond acceptors (Lipinski definition) is 4. The van der Waals surface area contributed by atoms with Crippen molar-refractivity contribution in [3.05, 3.63) is 24.3 Å². The number of carbonyl (C=O) groups excluding carboxylic acids is 1. The Morgan fingerprint density at radius 2 is 2.05 bits per heavy atom. The van der Waals surface area contributed by atoms with Crippen molar-refractivity contribution in [3.8, 4) is 5.75 Å². The fourth-order valence-electron chi connectivity index (χ4n) is 2.12. The standard InChI is InChI=1S/C14H18N2O5/c17-12-3-1-11(2-4-12)16(8-13(18)19)14(20)15-7-10-5-6-21-9-10/h1-4,10,17H,5-9H2,(H,15,20)(H,18,19). The van der Waals surface area contributed by atoms with Gasteiger partial charge >= 0.3 is 12.0 Å². The maximum absolute atomic E-state index is 12.2. The number of nitrogens with one attached hydrogen (secondary N) is 1. The summed E-state index contributed by atoms with van der Waals surface area (Å²) in [5.74, 6) is -0.791. The van der Waals surface area contributed by atoms with Gasteiger partial charge in [-0.05, 0) is 30.7 Å². The number of ether oxygens (including phenoxy) is 1. The van der Waals surface area contributed by atoms with E-state index >= 15 is 0 Å². The first-order valence-electron chi connectivity index (χ1n) is 6.70. The molecule has 2 rings (SSSR count). The van der Waals surface area contributed by atoms with Crippen LogP contribution in [0.25, 0.3) is 0 Å². The lowest BCUT2D eigenvalue weighted by Crippen LogP contribution is -2.44. The Labute approximate surface area is 122 Å². The van der Waals surface area contributed by atoms with Crippen LogP contribution in [0.2, 0.25) is 0 Å². The number of benzene rings is 1. The van der Waals surface area contributed by atoms with Gasteiger partial charge in [0, 0.05) is 24.8 Å².